The summed E-state index contributed by atoms with van der Waals surface area (Å²) in [6, 6.07) is 0. The molecule has 2 saturated carbocycles. The van der Waals surface area contributed by atoms with Crippen molar-refractivity contribution in [1.29, 1.82) is 0 Å². The smallest absolute Gasteiger partial charge is 0.211 e. The summed E-state index contributed by atoms with van der Waals surface area (Å²) in [7, 11) is 0. The van der Waals surface area contributed by atoms with Gasteiger partial charge in [-0.2, -0.15) is 4.99 Å². The van der Waals surface area contributed by atoms with Crippen LogP contribution in [0.1, 0.15) is 52.4 Å². The molecule has 2 fully saturated rings. The maximum absolute atomic E-state index is 10.4. The van der Waals surface area contributed by atoms with Crippen molar-refractivity contribution in [3.05, 3.63) is 0 Å². The van der Waals surface area contributed by atoms with Gasteiger partial charge in [-0.05, 0) is 56.3 Å². The average Bonchev–Trinajstić information content (AvgIpc) is 3.00. The Morgan fingerprint density at radius 1 is 1.20 bits per heavy atom. The summed E-state index contributed by atoms with van der Waals surface area (Å²) in [5.41, 5.74) is 0.0453. The van der Waals surface area contributed by atoms with E-state index >= 15 is 0 Å². The Kier molecular flexibility index (Phi) is 2.97. The van der Waals surface area contributed by atoms with Crippen molar-refractivity contribution in [1.82, 2.24) is 0 Å². The number of rotatable bonds is 3. The van der Waals surface area contributed by atoms with Crippen LogP contribution in [0.15, 0.2) is 4.99 Å². The summed E-state index contributed by atoms with van der Waals surface area (Å²) in [4.78, 5) is 14.4. The lowest BCUT2D eigenvalue weighted by atomic mass is 9.74. The van der Waals surface area contributed by atoms with Gasteiger partial charge in [-0.25, -0.2) is 4.79 Å². The molecule has 0 aromatic rings. The van der Waals surface area contributed by atoms with Crippen molar-refractivity contribution in [2.75, 3.05) is 0 Å². The van der Waals surface area contributed by atoms with Crippen LogP contribution in [0.2, 0.25) is 0 Å². The zero-order chi connectivity index (χ0) is 10.9. The van der Waals surface area contributed by atoms with Crippen LogP contribution in [0.3, 0.4) is 0 Å². The van der Waals surface area contributed by atoms with Crippen LogP contribution in [0.25, 0.3) is 0 Å². The van der Waals surface area contributed by atoms with E-state index in [-0.39, 0.29) is 5.54 Å². The molecule has 2 heteroatoms. The number of aliphatic imine (C=N–C) groups is 1. The molecule has 0 amide bonds. The number of nitrogens with zero attached hydrogens (tertiary/aromatic N) is 1. The molecule has 0 unspecified atom stereocenters. The summed E-state index contributed by atoms with van der Waals surface area (Å²) < 4.78 is 0. The van der Waals surface area contributed by atoms with Crippen LogP contribution >= 0.6 is 0 Å². The summed E-state index contributed by atoms with van der Waals surface area (Å²) in [6.45, 7) is 4.64. The first-order valence-corrected chi connectivity index (χ1v) is 6.27. The second-order valence-electron chi connectivity index (χ2n) is 5.66. The largest absolute Gasteiger partial charge is 0.235 e. The standard InChI is InChI=1S/C13H21NO/c1-10(2)11-3-5-12(6-4-11)13(7-8-13)14-9-15/h10-12H,3-8H2,1-2H3. The predicted octanol–water partition coefficient (Wildman–Crippen LogP) is 3.32. The fraction of sp³-hybridized carbons (Fsp3) is 0.923. The second-order valence-corrected chi connectivity index (χ2v) is 5.66. The molecule has 0 radical (unpaired) electrons. The van der Waals surface area contributed by atoms with Gasteiger partial charge in [0.15, 0.2) is 0 Å². The number of hydrogen-bond donors (Lipinski definition) is 0. The molecule has 0 aromatic carbocycles. The molecule has 2 nitrogen and oxygen atoms in total. The third kappa shape index (κ3) is 2.15. The minimum absolute atomic E-state index is 0.0453. The van der Waals surface area contributed by atoms with Gasteiger partial charge in [0, 0.05) is 0 Å². The molecule has 0 spiro atoms. The SMILES string of the molecule is CC(C)C1CCC(C2(N=C=O)CC2)CC1. The lowest BCUT2D eigenvalue weighted by molar-refractivity contribution is 0.196. The molecule has 2 rings (SSSR count). The second kappa shape index (κ2) is 4.09. The van der Waals surface area contributed by atoms with E-state index in [1.807, 2.05) is 0 Å². The molecule has 15 heavy (non-hydrogen) atoms. The Morgan fingerprint density at radius 3 is 2.20 bits per heavy atom. The molecule has 0 atom stereocenters. The van der Waals surface area contributed by atoms with Crippen molar-refractivity contribution in [2.24, 2.45) is 22.7 Å². The molecule has 0 saturated heterocycles. The fourth-order valence-electron chi connectivity index (χ4n) is 3.15. The Labute approximate surface area is 92.2 Å². The Hall–Kier alpha value is -0.620. The van der Waals surface area contributed by atoms with E-state index in [1.54, 1.807) is 6.08 Å². The van der Waals surface area contributed by atoms with Gasteiger partial charge in [0.1, 0.15) is 0 Å². The Morgan fingerprint density at radius 2 is 1.80 bits per heavy atom. The molecule has 2 aliphatic carbocycles. The predicted molar refractivity (Wildman–Crippen MR) is 60.4 cm³/mol. The maximum Gasteiger partial charge on any atom is 0.235 e. The molecular weight excluding hydrogens is 186 g/mol. The van der Waals surface area contributed by atoms with Gasteiger partial charge >= 0.3 is 0 Å². The monoisotopic (exact) mass is 207 g/mol. The molecule has 0 heterocycles. The van der Waals surface area contributed by atoms with Gasteiger partial charge in [-0.15, -0.1) is 0 Å². The van der Waals surface area contributed by atoms with Crippen molar-refractivity contribution >= 4 is 6.08 Å². The van der Waals surface area contributed by atoms with E-state index in [2.05, 4.69) is 18.8 Å². The van der Waals surface area contributed by atoms with E-state index in [9.17, 15) is 4.79 Å². The van der Waals surface area contributed by atoms with E-state index in [0.29, 0.717) is 5.92 Å². The Balaban J connectivity index is 1.91. The molecule has 2 aliphatic rings. The summed E-state index contributed by atoms with van der Waals surface area (Å²) >= 11 is 0. The lowest BCUT2D eigenvalue weighted by Gasteiger charge is -2.33. The van der Waals surface area contributed by atoms with Crippen LogP contribution < -0.4 is 0 Å². The van der Waals surface area contributed by atoms with Crippen molar-refractivity contribution in [2.45, 2.75) is 57.9 Å². The topological polar surface area (TPSA) is 29.4 Å². The number of carbonyl (C=O) groups excluding carboxylic acids is 1. The third-order valence-corrected chi connectivity index (χ3v) is 4.51. The van der Waals surface area contributed by atoms with Crippen molar-refractivity contribution < 1.29 is 4.79 Å². The average molecular weight is 207 g/mol. The highest BCUT2D eigenvalue weighted by molar-refractivity contribution is 5.37. The summed E-state index contributed by atoms with van der Waals surface area (Å²) in [5.74, 6) is 2.39. The minimum atomic E-state index is 0.0453. The highest BCUT2D eigenvalue weighted by atomic mass is 16.1. The first kappa shape index (κ1) is 10.9. The normalized spacial score (nSPS) is 33.5. The van der Waals surface area contributed by atoms with Crippen LogP contribution in [-0.4, -0.2) is 11.6 Å². The number of hydrogen-bond acceptors (Lipinski definition) is 2. The van der Waals surface area contributed by atoms with Crippen LogP contribution in [0, 0.1) is 17.8 Å². The van der Waals surface area contributed by atoms with Gasteiger partial charge in [-0.3, -0.25) is 0 Å². The third-order valence-electron chi connectivity index (χ3n) is 4.51. The zero-order valence-electron chi connectivity index (χ0n) is 9.83. The molecule has 84 valence electrons. The minimum Gasteiger partial charge on any atom is -0.211 e. The lowest BCUT2D eigenvalue weighted by Crippen LogP contribution is -2.27. The van der Waals surface area contributed by atoms with Gasteiger partial charge in [0.25, 0.3) is 0 Å². The zero-order valence-corrected chi connectivity index (χ0v) is 9.83. The van der Waals surface area contributed by atoms with E-state index in [0.717, 1.165) is 24.7 Å². The maximum atomic E-state index is 10.4. The first-order chi connectivity index (χ1) is 7.18. The quantitative estimate of drug-likeness (QED) is 0.515. The van der Waals surface area contributed by atoms with Crippen molar-refractivity contribution in [3.8, 4) is 0 Å². The van der Waals surface area contributed by atoms with Crippen LogP contribution in [-0.2, 0) is 4.79 Å². The van der Waals surface area contributed by atoms with Gasteiger partial charge in [0.05, 0.1) is 5.54 Å². The first-order valence-electron chi connectivity index (χ1n) is 6.27. The molecule has 0 aromatic heterocycles. The van der Waals surface area contributed by atoms with E-state index in [1.165, 1.54) is 25.7 Å². The molecule has 0 N–H and O–H groups in total. The van der Waals surface area contributed by atoms with E-state index in [4.69, 9.17) is 0 Å². The van der Waals surface area contributed by atoms with Crippen LogP contribution in [0.4, 0.5) is 0 Å². The number of isocyanates is 1. The van der Waals surface area contributed by atoms with E-state index < -0.39 is 0 Å². The fourth-order valence-corrected chi connectivity index (χ4v) is 3.15. The van der Waals surface area contributed by atoms with Gasteiger partial charge in [0.2, 0.25) is 6.08 Å². The molecule has 0 aliphatic heterocycles. The highest BCUT2D eigenvalue weighted by Gasteiger charge is 2.50. The van der Waals surface area contributed by atoms with Gasteiger partial charge < -0.3 is 0 Å². The molecule has 0 bridgehead atoms. The van der Waals surface area contributed by atoms with Gasteiger partial charge in [-0.1, -0.05) is 13.8 Å². The molecular formula is C13H21NO. The van der Waals surface area contributed by atoms with Crippen molar-refractivity contribution in [3.63, 3.8) is 0 Å². The summed E-state index contributed by atoms with van der Waals surface area (Å²) in [6.07, 6.45) is 9.23. The summed E-state index contributed by atoms with van der Waals surface area (Å²) in [5, 5.41) is 0. The highest BCUT2D eigenvalue weighted by Crippen LogP contribution is 2.52. The van der Waals surface area contributed by atoms with Crippen LogP contribution in [0.5, 0.6) is 0 Å². The Bertz CT molecular complexity index is 266.